The Hall–Kier alpha value is -2.64. The van der Waals surface area contributed by atoms with Gasteiger partial charge in [-0.1, -0.05) is 53.2 Å². The number of nitrogens with zero attached hydrogens (tertiary/aromatic N) is 3. The molecule has 1 aromatic heterocycles. The summed E-state index contributed by atoms with van der Waals surface area (Å²) in [6.45, 7) is 2.27. The van der Waals surface area contributed by atoms with Crippen LogP contribution in [-0.4, -0.2) is 32.2 Å². The fourth-order valence-corrected chi connectivity index (χ4v) is 2.63. The van der Waals surface area contributed by atoms with Gasteiger partial charge in [0.15, 0.2) is 0 Å². The summed E-state index contributed by atoms with van der Waals surface area (Å²) >= 11 is 0. The number of ether oxygens (including phenoxy) is 1. The first-order chi connectivity index (χ1) is 12.1. The molecule has 6 nitrogen and oxygen atoms in total. The molecule has 7 heteroatoms. The summed E-state index contributed by atoms with van der Waals surface area (Å²) in [6, 6.07) is 17.4. The Morgan fingerprint density at radius 3 is 2.64 bits per heavy atom. The second-order valence-corrected chi connectivity index (χ2v) is 5.97. The largest absolute Gasteiger partial charge is 0.487 e. The number of aromatic nitrogens is 3. The van der Waals surface area contributed by atoms with E-state index in [-0.39, 0.29) is 6.61 Å². The quantitative estimate of drug-likeness (QED) is 0.644. The molecule has 0 aliphatic rings. The number of benzene rings is 2. The third-order valence-corrected chi connectivity index (χ3v) is 3.90. The van der Waals surface area contributed by atoms with Crippen molar-refractivity contribution >= 4 is 7.12 Å². The first-order valence-electron chi connectivity index (χ1n) is 8.12. The summed E-state index contributed by atoms with van der Waals surface area (Å²) in [5.74, 6) is 0.135. The van der Waals surface area contributed by atoms with Gasteiger partial charge in [0.1, 0.15) is 18.1 Å². The molecule has 3 rings (SSSR count). The molecule has 0 aliphatic carbocycles. The van der Waals surface area contributed by atoms with Gasteiger partial charge in [-0.25, -0.2) is 0 Å². The van der Waals surface area contributed by atoms with Crippen molar-refractivity contribution in [3.05, 3.63) is 77.6 Å². The fourth-order valence-electron chi connectivity index (χ4n) is 2.63. The second kappa shape index (κ2) is 7.96. The minimum Gasteiger partial charge on any atom is -0.487 e. The van der Waals surface area contributed by atoms with E-state index < -0.39 is 13.1 Å². The smallest absolute Gasteiger partial charge is 0.478 e. The predicted octanol–water partition coefficient (Wildman–Crippen LogP) is 1.96. The van der Waals surface area contributed by atoms with Gasteiger partial charge in [-0.2, -0.15) is 0 Å². The van der Waals surface area contributed by atoms with Crippen LogP contribution in [0.1, 0.15) is 22.8 Å². The van der Waals surface area contributed by atoms with Crippen LogP contribution in [0.15, 0.2) is 60.8 Å². The molecule has 3 aromatic rings. The van der Waals surface area contributed by atoms with Crippen LogP contribution in [0, 0.1) is 6.92 Å². The zero-order chi connectivity index (χ0) is 17.6. The molecule has 0 saturated heterocycles. The highest BCUT2D eigenvalue weighted by Gasteiger charge is 2.27. The van der Waals surface area contributed by atoms with Crippen molar-refractivity contribution in [2.75, 3.05) is 0 Å². The third kappa shape index (κ3) is 4.68. The van der Waals surface area contributed by atoms with Crippen molar-refractivity contribution in [3.63, 3.8) is 0 Å². The first kappa shape index (κ1) is 17.2. The maximum absolute atomic E-state index is 9.75. The first-order valence-corrected chi connectivity index (χ1v) is 8.12. The van der Waals surface area contributed by atoms with Crippen molar-refractivity contribution < 1.29 is 14.8 Å². The van der Waals surface area contributed by atoms with Crippen LogP contribution in [0.5, 0.6) is 5.75 Å². The summed E-state index contributed by atoms with van der Waals surface area (Å²) in [6.07, 6.45) is 2.13. The molecule has 0 amide bonds. The van der Waals surface area contributed by atoms with Crippen LogP contribution in [0.2, 0.25) is 0 Å². The average Bonchev–Trinajstić information content (AvgIpc) is 3.07. The number of aryl methyl sites for hydroxylation is 1. The molecule has 128 valence electrons. The minimum absolute atomic E-state index is 0.267. The number of hydrogen-bond donors (Lipinski definition) is 2. The lowest BCUT2D eigenvalue weighted by molar-refractivity contribution is 0.301. The summed E-state index contributed by atoms with van der Waals surface area (Å²) < 4.78 is 7.12. The maximum atomic E-state index is 9.75. The van der Waals surface area contributed by atoms with Crippen LogP contribution in [-0.2, 0) is 13.0 Å². The topological polar surface area (TPSA) is 80.4 Å². The molecule has 1 unspecified atom stereocenters. The van der Waals surface area contributed by atoms with E-state index in [9.17, 15) is 10.0 Å². The van der Waals surface area contributed by atoms with E-state index in [4.69, 9.17) is 4.74 Å². The molecular weight excluding hydrogens is 317 g/mol. The molecule has 2 aromatic carbocycles. The molecule has 0 saturated carbocycles. The lowest BCUT2D eigenvalue weighted by Crippen LogP contribution is -2.31. The number of rotatable bonds is 7. The monoisotopic (exact) mass is 337 g/mol. The van der Waals surface area contributed by atoms with Crippen LogP contribution in [0.25, 0.3) is 0 Å². The highest BCUT2D eigenvalue weighted by molar-refractivity contribution is 6.42. The molecule has 1 atom stereocenters. The highest BCUT2D eigenvalue weighted by Crippen LogP contribution is 2.17. The number of hydrogen-bond acceptors (Lipinski definition) is 5. The van der Waals surface area contributed by atoms with Gasteiger partial charge in [-0.3, -0.25) is 4.68 Å². The normalized spacial score (nSPS) is 12.0. The van der Waals surface area contributed by atoms with Gasteiger partial charge in [0.2, 0.25) is 0 Å². The van der Waals surface area contributed by atoms with Crippen molar-refractivity contribution in [1.29, 1.82) is 0 Å². The summed E-state index contributed by atoms with van der Waals surface area (Å²) in [5.41, 5.74) is 2.76. The van der Waals surface area contributed by atoms with Crippen molar-refractivity contribution in [2.45, 2.75) is 25.9 Å². The average molecular weight is 337 g/mol. The molecule has 0 spiro atoms. The predicted molar refractivity (Wildman–Crippen MR) is 94.9 cm³/mol. The van der Waals surface area contributed by atoms with E-state index in [0.29, 0.717) is 12.1 Å². The van der Waals surface area contributed by atoms with Gasteiger partial charge in [0.25, 0.3) is 0 Å². The number of para-hydroxylation sites is 1. The molecular formula is C18H20BN3O3. The maximum Gasteiger partial charge on any atom is 0.478 e. The van der Waals surface area contributed by atoms with E-state index in [0.717, 1.165) is 16.9 Å². The Labute approximate surface area is 146 Å². The van der Waals surface area contributed by atoms with E-state index in [2.05, 4.69) is 10.3 Å². The van der Waals surface area contributed by atoms with Crippen LogP contribution >= 0.6 is 0 Å². The molecule has 0 fully saturated rings. The van der Waals surface area contributed by atoms with E-state index in [1.54, 1.807) is 6.20 Å². The van der Waals surface area contributed by atoms with Crippen molar-refractivity contribution in [3.8, 4) is 5.75 Å². The third-order valence-electron chi connectivity index (χ3n) is 3.90. The zero-order valence-electron chi connectivity index (χ0n) is 14.0. The van der Waals surface area contributed by atoms with Crippen LogP contribution in [0.3, 0.4) is 0 Å². The highest BCUT2D eigenvalue weighted by atomic mass is 16.5. The summed E-state index contributed by atoms with van der Waals surface area (Å²) in [4.78, 5) is 0. The van der Waals surface area contributed by atoms with Gasteiger partial charge in [-0.15, -0.1) is 5.10 Å². The van der Waals surface area contributed by atoms with E-state index in [1.165, 1.54) is 4.68 Å². The Morgan fingerprint density at radius 2 is 1.92 bits per heavy atom. The Balaban J connectivity index is 1.69. The molecule has 0 aliphatic heterocycles. The Morgan fingerprint density at radius 1 is 1.12 bits per heavy atom. The molecule has 0 radical (unpaired) electrons. The molecule has 1 heterocycles. The minimum atomic E-state index is -1.54. The van der Waals surface area contributed by atoms with Crippen LogP contribution in [0.4, 0.5) is 0 Å². The summed E-state index contributed by atoms with van der Waals surface area (Å²) in [7, 11) is -1.54. The van der Waals surface area contributed by atoms with Crippen molar-refractivity contribution in [1.82, 2.24) is 15.0 Å². The zero-order valence-corrected chi connectivity index (χ0v) is 14.0. The lowest BCUT2D eigenvalue weighted by Gasteiger charge is -2.16. The molecule has 25 heavy (non-hydrogen) atoms. The van der Waals surface area contributed by atoms with Gasteiger partial charge < -0.3 is 14.8 Å². The van der Waals surface area contributed by atoms with Gasteiger partial charge in [-0.05, 0) is 31.0 Å². The van der Waals surface area contributed by atoms with E-state index in [1.807, 2.05) is 61.5 Å². The Bertz CT molecular complexity index is 808. The van der Waals surface area contributed by atoms with Gasteiger partial charge in [0, 0.05) is 0 Å². The molecule has 2 N–H and O–H groups in total. The summed E-state index contributed by atoms with van der Waals surface area (Å²) in [5, 5.41) is 27.6. The fraction of sp³-hybridized carbons (Fsp3) is 0.222. The molecule has 0 bridgehead atoms. The second-order valence-electron chi connectivity index (χ2n) is 5.97. The lowest BCUT2D eigenvalue weighted by atomic mass is 9.76. The SMILES string of the molecule is Cc1cccc(CC(B(O)O)n2cc(COc3ccccc3)nn2)c1. The van der Waals surface area contributed by atoms with Crippen molar-refractivity contribution in [2.24, 2.45) is 0 Å². The van der Waals surface area contributed by atoms with Crippen LogP contribution < -0.4 is 4.74 Å². The van der Waals surface area contributed by atoms with Gasteiger partial charge in [0.05, 0.1) is 12.1 Å². The Kier molecular flexibility index (Phi) is 5.48. The van der Waals surface area contributed by atoms with E-state index >= 15 is 0 Å². The standard InChI is InChI=1S/C18H20BN3O3/c1-14-6-5-7-15(10-14)11-18(19(23)24)22-12-16(20-21-22)13-25-17-8-3-2-4-9-17/h2-10,12,18,23-24H,11,13H2,1H3. The van der Waals surface area contributed by atoms with Gasteiger partial charge >= 0.3 is 7.12 Å².